The molecule has 0 spiro atoms. The van der Waals surface area contributed by atoms with Gasteiger partial charge in [0.15, 0.2) is 10.9 Å². The first-order valence-corrected chi connectivity index (χ1v) is 4.90. The largest absolute Gasteiger partial charge is 0.381 e. The van der Waals surface area contributed by atoms with E-state index in [9.17, 15) is 10.1 Å². The Kier molecular flexibility index (Phi) is 4.99. The predicted octanol–water partition coefficient (Wildman–Crippen LogP) is -0.578. The van der Waals surface area contributed by atoms with Crippen molar-refractivity contribution in [1.29, 1.82) is 0 Å². The lowest BCUT2D eigenvalue weighted by atomic mass is 10.1. The Hall–Kier alpha value is -1.21. The summed E-state index contributed by atoms with van der Waals surface area (Å²) >= 11 is 0. The van der Waals surface area contributed by atoms with Gasteiger partial charge in [-0.3, -0.25) is 0 Å². The van der Waals surface area contributed by atoms with Crippen LogP contribution in [0.5, 0.6) is 0 Å². The van der Waals surface area contributed by atoms with Crippen molar-refractivity contribution in [3.8, 4) is 0 Å². The average molecular weight is 216 g/mol. The fraction of sp³-hybridized carbons (Fsp3) is 0.875. The van der Waals surface area contributed by atoms with Crippen LogP contribution in [0.1, 0.15) is 6.42 Å². The quantitative estimate of drug-likeness (QED) is 0.278. The second-order valence-electron chi connectivity index (χ2n) is 3.40. The molecule has 0 aromatic rings. The summed E-state index contributed by atoms with van der Waals surface area (Å²) in [4.78, 5) is 10.1. The summed E-state index contributed by atoms with van der Waals surface area (Å²) in [6.45, 7) is 2.77. The van der Waals surface area contributed by atoms with Crippen LogP contribution < -0.4 is 10.6 Å². The number of hydrogen-bond acceptors (Lipinski definition) is 4. The van der Waals surface area contributed by atoms with E-state index in [-0.39, 0.29) is 0 Å². The molecule has 0 amide bonds. The van der Waals surface area contributed by atoms with Crippen molar-refractivity contribution in [2.75, 3.05) is 33.4 Å². The van der Waals surface area contributed by atoms with Gasteiger partial charge in [-0.2, -0.15) is 0 Å². The van der Waals surface area contributed by atoms with Gasteiger partial charge in [-0.15, -0.1) is 0 Å². The lowest BCUT2D eigenvalue weighted by Crippen LogP contribution is -2.35. The van der Waals surface area contributed by atoms with E-state index in [4.69, 9.17) is 4.74 Å². The van der Waals surface area contributed by atoms with Gasteiger partial charge in [-0.1, -0.05) is 0 Å². The molecule has 1 rings (SSSR count). The highest BCUT2D eigenvalue weighted by atomic mass is 16.7. The molecular weight excluding hydrogens is 200 g/mol. The monoisotopic (exact) mass is 216 g/mol. The molecule has 0 saturated carbocycles. The maximum atomic E-state index is 10.1. The normalized spacial score (nSPS) is 21.7. The van der Waals surface area contributed by atoms with E-state index in [1.807, 2.05) is 0 Å². The van der Waals surface area contributed by atoms with Crippen molar-refractivity contribution in [3.05, 3.63) is 10.1 Å². The molecule has 0 aromatic carbocycles. The van der Waals surface area contributed by atoms with E-state index >= 15 is 0 Å². The van der Waals surface area contributed by atoms with Gasteiger partial charge >= 0.3 is 0 Å². The van der Waals surface area contributed by atoms with Gasteiger partial charge in [-0.05, 0) is 12.3 Å². The molecule has 7 nitrogen and oxygen atoms in total. The number of nitrogens with one attached hydrogen (secondary N) is 2. The Morgan fingerprint density at radius 1 is 1.73 bits per heavy atom. The zero-order chi connectivity index (χ0) is 11.1. The molecule has 0 aromatic heterocycles. The molecule has 86 valence electrons. The van der Waals surface area contributed by atoms with E-state index in [0.717, 1.165) is 26.2 Å². The van der Waals surface area contributed by atoms with Crippen LogP contribution in [-0.2, 0) is 4.74 Å². The Bertz CT molecular complexity index is 238. The molecule has 15 heavy (non-hydrogen) atoms. The van der Waals surface area contributed by atoms with E-state index in [1.165, 1.54) is 0 Å². The van der Waals surface area contributed by atoms with Gasteiger partial charge in [-0.25, -0.2) is 10.1 Å². The SMILES string of the molecule is CN/C(CNCC1CCOC1)=N\[N+](=O)[O-]. The van der Waals surface area contributed by atoms with Gasteiger partial charge in [0.2, 0.25) is 0 Å². The van der Waals surface area contributed by atoms with Gasteiger partial charge in [0.1, 0.15) is 0 Å². The Morgan fingerprint density at radius 2 is 2.53 bits per heavy atom. The number of hydrogen-bond donors (Lipinski definition) is 2. The highest BCUT2D eigenvalue weighted by Crippen LogP contribution is 2.10. The summed E-state index contributed by atoms with van der Waals surface area (Å²) in [7, 11) is 1.61. The lowest BCUT2D eigenvalue weighted by Gasteiger charge is -2.08. The molecule has 1 atom stereocenters. The van der Waals surface area contributed by atoms with Crippen LogP contribution in [0.3, 0.4) is 0 Å². The highest BCUT2D eigenvalue weighted by Gasteiger charge is 2.15. The molecule has 1 heterocycles. The standard InChI is InChI=1S/C8H16N4O3/c1-9-8(11-12(13)14)5-10-4-7-2-3-15-6-7/h7,10H,2-6H2,1H3,(H,9,11). The molecule has 1 saturated heterocycles. The first-order chi connectivity index (χ1) is 7.22. The van der Waals surface area contributed by atoms with Crippen molar-refractivity contribution in [1.82, 2.24) is 10.6 Å². The van der Waals surface area contributed by atoms with Gasteiger partial charge in [0, 0.05) is 20.2 Å². The smallest absolute Gasteiger partial charge is 0.192 e. The minimum atomic E-state index is -0.702. The van der Waals surface area contributed by atoms with Crippen LogP contribution >= 0.6 is 0 Å². The summed E-state index contributed by atoms with van der Waals surface area (Å²) in [5.74, 6) is 0.845. The minimum Gasteiger partial charge on any atom is -0.381 e. The number of amidine groups is 1. The first-order valence-electron chi connectivity index (χ1n) is 4.90. The third-order valence-electron chi connectivity index (χ3n) is 2.24. The number of nitro groups is 1. The Labute approximate surface area is 88.0 Å². The van der Waals surface area contributed by atoms with Crippen molar-refractivity contribution >= 4 is 5.84 Å². The van der Waals surface area contributed by atoms with Crippen molar-refractivity contribution < 1.29 is 9.77 Å². The van der Waals surface area contributed by atoms with Crippen molar-refractivity contribution in [3.63, 3.8) is 0 Å². The third kappa shape index (κ3) is 4.71. The van der Waals surface area contributed by atoms with E-state index in [2.05, 4.69) is 15.7 Å². The topological polar surface area (TPSA) is 88.8 Å². The molecule has 7 heteroatoms. The molecule has 1 aliphatic heterocycles. The van der Waals surface area contributed by atoms with Gasteiger partial charge in [0.05, 0.1) is 18.3 Å². The molecule has 0 bridgehead atoms. The average Bonchev–Trinajstić information content (AvgIpc) is 2.68. The Morgan fingerprint density at radius 3 is 3.07 bits per heavy atom. The fourth-order valence-electron chi connectivity index (χ4n) is 1.41. The van der Waals surface area contributed by atoms with Crippen molar-refractivity contribution in [2.45, 2.75) is 6.42 Å². The summed E-state index contributed by atoms with van der Waals surface area (Å²) in [6, 6.07) is 0. The lowest BCUT2D eigenvalue weighted by molar-refractivity contribution is -0.485. The van der Waals surface area contributed by atoms with Crippen LogP contribution in [0.4, 0.5) is 0 Å². The molecule has 1 aliphatic rings. The van der Waals surface area contributed by atoms with E-state index in [1.54, 1.807) is 7.05 Å². The second-order valence-corrected chi connectivity index (χ2v) is 3.40. The molecule has 0 aliphatic carbocycles. The van der Waals surface area contributed by atoms with Crippen LogP contribution in [0.25, 0.3) is 0 Å². The van der Waals surface area contributed by atoms with E-state index in [0.29, 0.717) is 18.3 Å². The summed E-state index contributed by atoms with van der Waals surface area (Å²) in [5, 5.41) is 18.4. The zero-order valence-corrected chi connectivity index (χ0v) is 8.73. The van der Waals surface area contributed by atoms with Crippen LogP contribution in [0.15, 0.2) is 5.10 Å². The second kappa shape index (κ2) is 6.31. The minimum absolute atomic E-state index is 0.332. The van der Waals surface area contributed by atoms with Gasteiger partial charge < -0.3 is 15.4 Å². The number of rotatable bonds is 5. The third-order valence-corrected chi connectivity index (χ3v) is 2.24. The molecule has 1 fully saturated rings. The van der Waals surface area contributed by atoms with E-state index < -0.39 is 5.03 Å². The molecular formula is C8H16N4O3. The fourth-order valence-corrected chi connectivity index (χ4v) is 1.41. The number of nitrogens with zero attached hydrogens (tertiary/aromatic N) is 2. The Balaban J connectivity index is 2.19. The maximum absolute atomic E-state index is 10.1. The van der Waals surface area contributed by atoms with Crippen molar-refractivity contribution in [2.24, 2.45) is 11.0 Å². The highest BCUT2D eigenvalue weighted by molar-refractivity contribution is 5.83. The summed E-state index contributed by atoms with van der Waals surface area (Å²) < 4.78 is 5.21. The number of likely N-dealkylation sites (N-methyl/N-ethyl adjacent to an activating group) is 1. The molecule has 0 radical (unpaired) electrons. The van der Waals surface area contributed by atoms with Crippen LogP contribution in [0, 0.1) is 16.0 Å². The summed E-state index contributed by atoms with van der Waals surface area (Å²) in [5.41, 5.74) is 0. The first kappa shape index (κ1) is 11.9. The number of hydrazone groups is 1. The maximum Gasteiger partial charge on any atom is 0.192 e. The van der Waals surface area contributed by atoms with Gasteiger partial charge in [0.25, 0.3) is 0 Å². The molecule has 1 unspecified atom stereocenters. The predicted molar refractivity (Wildman–Crippen MR) is 55.3 cm³/mol. The zero-order valence-electron chi connectivity index (χ0n) is 8.73. The molecule has 2 N–H and O–H groups in total. The van der Waals surface area contributed by atoms with Crippen LogP contribution in [-0.4, -0.2) is 44.2 Å². The van der Waals surface area contributed by atoms with Crippen LogP contribution in [0.2, 0.25) is 0 Å². The summed E-state index contributed by atoms with van der Waals surface area (Å²) in [6.07, 6.45) is 1.05. The number of ether oxygens (including phenoxy) is 1.